The molecule has 148 valence electrons. The standard InChI is InChI=1S/C22H17BrClNO4/c23-13-4-1-3-12(9-13)19-18-20(26)16-10-14(24)6-7-17(16)29-21(18)22(27)25(19)11-15-5-2-8-28-15/h1,3-4,6-7,9-10,15,19H,2,5,8,11H2/t15-,19-/m0/s1. The van der Waals surface area contributed by atoms with Gasteiger partial charge in [-0.05, 0) is 48.7 Å². The number of rotatable bonds is 3. The van der Waals surface area contributed by atoms with E-state index in [0.717, 1.165) is 22.9 Å². The number of carbonyl (C=O) groups excluding carboxylic acids is 1. The second-order valence-electron chi connectivity index (χ2n) is 7.36. The third kappa shape index (κ3) is 3.19. The number of hydrogen-bond acceptors (Lipinski definition) is 4. The minimum atomic E-state index is -0.529. The van der Waals surface area contributed by atoms with Crippen LogP contribution in [0.2, 0.25) is 5.02 Å². The normalized spacial score (nSPS) is 21.2. The Morgan fingerprint density at radius 3 is 2.79 bits per heavy atom. The average molecular weight is 475 g/mol. The summed E-state index contributed by atoms with van der Waals surface area (Å²) >= 11 is 9.60. The molecule has 3 aromatic rings. The monoisotopic (exact) mass is 473 g/mol. The summed E-state index contributed by atoms with van der Waals surface area (Å²) < 4.78 is 12.6. The van der Waals surface area contributed by atoms with Crippen LogP contribution in [0.15, 0.2) is 56.1 Å². The van der Waals surface area contributed by atoms with E-state index >= 15 is 0 Å². The van der Waals surface area contributed by atoms with Crippen molar-refractivity contribution in [3.05, 3.63) is 79.1 Å². The van der Waals surface area contributed by atoms with Crippen molar-refractivity contribution in [2.24, 2.45) is 0 Å². The summed E-state index contributed by atoms with van der Waals surface area (Å²) in [6.07, 6.45) is 1.83. The van der Waals surface area contributed by atoms with Crippen LogP contribution in [-0.2, 0) is 4.74 Å². The topological polar surface area (TPSA) is 59.8 Å². The van der Waals surface area contributed by atoms with Crippen molar-refractivity contribution in [2.45, 2.75) is 25.0 Å². The Hall–Kier alpha value is -2.15. The zero-order valence-corrected chi connectivity index (χ0v) is 17.7. The molecule has 1 fully saturated rings. The van der Waals surface area contributed by atoms with Crippen molar-refractivity contribution in [1.82, 2.24) is 4.90 Å². The Bertz CT molecular complexity index is 1190. The molecule has 2 aromatic carbocycles. The third-order valence-electron chi connectivity index (χ3n) is 5.52. The first kappa shape index (κ1) is 18.9. The van der Waals surface area contributed by atoms with Gasteiger partial charge in [0.1, 0.15) is 5.58 Å². The van der Waals surface area contributed by atoms with Crippen LogP contribution in [-0.4, -0.2) is 30.1 Å². The number of fused-ring (bicyclic) bond motifs is 2. The van der Waals surface area contributed by atoms with E-state index in [1.165, 1.54) is 0 Å². The van der Waals surface area contributed by atoms with Crippen LogP contribution in [0.3, 0.4) is 0 Å². The lowest BCUT2D eigenvalue weighted by atomic mass is 9.98. The Balaban J connectivity index is 1.72. The van der Waals surface area contributed by atoms with Gasteiger partial charge in [0.25, 0.3) is 5.91 Å². The molecule has 2 atom stereocenters. The molecule has 0 spiro atoms. The maximum absolute atomic E-state index is 13.4. The largest absolute Gasteiger partial charge is 0.450 e. The van der Waals surface area contributed by atoms with Gasteiger partial charge in [-0.2, -0.15) is 0 Å². The number of halogens is 2. The van der Waals surface area contributed by atoms with E-state index in [9.17, 15) is 9.59 Å². The summed E-state index contributed by atoms with van der Waals surface area (Å²) in [5.41, 5.74) is 1.34. The Labute approximate surface area is 180 Å². The van der Waals surface area contributed by atoms with Gasteiger partial charge in [0.15, 0.2) is 5.43 Å². The predicted octanol–water partition coefficient (Wildman–Crippen LogP) is 4.93. The highest BCUT2D eigenvalue weighted by Crippen LogP contribution is 2.39. The molecule has 0 unspecified atom stereocenters. The number of benzene rings is 2. The fraction of sp³-hybridized carbons (Fsp3) is 0.273. The van der Waals surface area contributed by atoms with E-state index < -0.39 is 6.04 Å². The highest BCUT2D eigenvalue weighted by atomic mass is 79.9. The van der Waals surface area contributed by atoms with Crippen molar-refractivity contribution in [3.8, 4) is 0 Å². The predicted molar refractivity (Wildman–Crippen MR) is 113 cm³/mol. The molecule has 0 saturated carbocycles. The zero-order valence-electron chi connectivity index (χ0n) is 15.4. The number of amides is 1. The van der Waals surface area contributed by atoms with E-state index in [2.05, 4.69) is 15.9 Å². The van der Waals surface area contributed by atoms with Gasteiger partial charge in [0, 0.05) is 22.6 Å². The zero-order chi connectivity index (χ0) is 20.1. The highest BCUT2D eigenvalue weighted by molar-refractivity contribution is 9.10. The van der Waals surface area contributed by atoms with E-state index in [1.54, 1.807) is 23.1 Å². The lowest BCUT2D eigenvalue weighted by Crippen LogP contribution is -2.36. The molecule has 2 aliphatic rings. The SMILES string of the molecule is O=C1c2oc3ccc(Cl)cc3c(=O)c2[C@H](c2cccc(Br)c2)N1C[C@@H]1CCCO1. The quantitative estimate of drug-likeness (QED) is 0.540. The Kier molecular flexibility index (Phi) is 4.73. The highest BCUT2D eigenvalue weighted by Gasteiger charge is 2.43. The van der Waals surface area contributed by atoms with Crippen molar-refractivity contribution < 1.29 is 13.9 Å². The van der Waals surface area contributed by atoms with Crippen LogP contribution in [0.1, 0.15) is 40.6 Å². The molecule has 3 heterocycles. The summed E-state index contributed by atoms with van der Waals surface area (Å²) in [5, 5.41) is 0.826. The molecule has 0 N–H and O–H groups in total. The minimum Gasteiger partial charge on any atom is -0.450 e. The van der Waals surface area contributed by atoms with Gasteiger partial charge >= 0.3 is 0 Å². The fourth-order valence-corrected chi connectivity index (χ4v) is 4.80. The first-order valence-corrected chi connectivity index (χ1v) is 10.6. The second kappa shape index (κ2) is 7.27. The molecule has 0 bridgehead atoms. The maximum Gasteiger partial charge on any atom is 0.291 e. The molecule has 2 aliphatic heterocycles. The van der Waals surface area contributed by atoms with Crippen LogP contribution in [0.25, 0.3) is 11.0 Å². The summed E-state index contributed by atoms with van der Waals surface area (Å²) in [7, 11) is 0. The van der Waals surface area contributed by atoms with E-state index in [4.69, 9.17) is 20.8 Å². The number of nitrogens with zero attached hydrogens (tertiary/aromatic N) is 1. The molecule has 5 nitrogen and oxygen atoms in total. The Morgan fingerprint density at radius 1 is 1.17 bits per heavy atom. The van der Waals surface area contributed by atoms with Crippen LogP contribution in [0, 0.1) is 0 Å². The van der Waals surface area contributed by atoms with Gasteiger partial charge in [-0.25, -0.2) is 0 Å². The van der Waals surface area contributed by atoms with Gasteiger partial charge in [-0.3, -0.25) is 9.59 Å². The molecule has 1 aromatic heterocycles. The fourth-order valence-electron chi connectivity index (χ4n) is 4.21. The van der Waals surface area contributed by atoms with Gasteiger partial charge in [-0.1, -0.05) is 39.7 Å². The summed E-state index contributed by atoms with van der Waals surface area (Å²) in [6, 6.07) is 12.0. The smallest absolute Gasteiger partial charge is 0.291 e. The van der Waals surface area contributed by atoms with Crippen molar-refractivity contribution >= 4 is 44.4 Å². The first-order valence-electron chi connectivity index (χ1n) is 9.47. The average Bonchev–Trinajstić information content (AvgIpc) is 3.31. The molecule has 1 saturated heterocycles. The lowest BCUT2D eigenvalue weighted by Gasteiger charge is -2.27. The lowest BCUT2D eigenvalue weighted by molar-refractivity contribution is 0.0486. The molecule has 7 heteroatoms. The molecular formula is C22H17BrClNO4. The van der Waals surface area contributed by atoms with Crippen LogP contribution < -0.4 is 5.43 Å². The van der Waals surface area contributed by atoms with Crippen molar-refractivity contribution in [2.75, 3.05) is 13.2 Å². The molecule has 29 heavy (non-hydrogen) atoms. The number of hydrogen-bond donors (Lipinski definition) is 0. The molecule has 5 rings (SSSR count). The van der Waals surface area contributed by atoms with Crippen LogP contribution in [0.5, 0.6) is 0 Å². The minimum absolute atomic E-state index is 0.0399. The Morgan fingerprint density at radius 2 is 2.03 bits per heavy atom. The van der Waals surface area contributed by atoms with E-state index in [1.807, 2.05) is 24.3 Å². The molecule has 1 amide bonds. The molecule has 0 radical (unpaired) electrons. The summed E-state index contributed by atoms with van der Waals surface area (Å²) in [5.74, 6) is -0.178. The number of ether oxygens (including phenoxy) is 1. The van der Waals surface area contributed by atoms with Crippen LogP contribution >= 0.6 is 27.5 Å². The number of carbonyl (C=O) groups is 1. The van der Waals surface area contributed by atoms with Gasteiger partial charge in [0.2, 0.25) is 5.76 Å². The maximum atomic E-state index is 13.4. The second-order valence-corrected chi connectivity index (χ2v) is 8.72. The van der Waals surface area contributed by atoms with Crippen LogP contribution in [0.4, 0.5) is 0 Å². The molecular weight excluding hydrogens is 458 g/mol. The molecule has 0 aliphatic carbocycles. The van der Waals surface area contributed by atoms with Gasteiger partial charge in [-0.15, -0.1) is 0 Å². The van der Waals surface area contributed by atoms with Crippen molar-refractivity contribution in [1.29, 1.82) is 0 Å². The van der Waals surface area contributed by atoms with E-state index in [-0.39, 0.29) is 23.2 Å². The summed E-state index contributed by atoms with van der Waals surface area (Å²) in [4.78, 5) is 28.4. The van der Waals surface area contributed by atoms with E-state index in [0.29, 0.717) is 34.7 Å². The van der Waals surface area contributed by atoms with Crippen molar-refractivity contribution in [3.63, 3.8) is 0 Å². The van der Waals surface area contributed by atoms with Gasteiger partial charge in [0.05, 0.1) is 23.1 Å². The first-order chi connectivity index (χ1) is 14.0. The third-order valence-corrected chi connectivity index (χ3v) is 6.24. The summed E-state index contributed by atoms with van der Waals surface area (Å²) in [6.45, 7) is 1.11. The van der Waals surface area contributed by atoms with Gasteiger partial charge < -0.3 is 14.1 Å².